The highest BCUT2D eigenvalue weighted by molar-refractivity contribution is 5.42. The van der Waals surface area contributed by atoms with Crippen LogP contribution in [0.15, 0.2) is 30.4 Å². The fourth-order valence-electron chi connectivity index (χ4n) is 4.68. The summed E-state index contributed by atoms with van der Waals surface area (Å²) in [6.07, 6.45) is 3.85. The smallest absolute Gasteiger partial charge is 0.171 e. The minimum absolute atomic E-state index is 0.0501. The molecule has 1 aromatic rings. The van der Waals surface area contributed by atoms with Crippen LogP contribution >= 0.6 is 0 Å². The maximum atomic E-state index is 6.05. The first-order chi connectivity index (χ1) is 12.3. The molecule has 26 heavy (non-hydrogen) atoms. The Hall–Kier alpha value is -1.52. The van der Waals surface area contributed by atoms with Gasteiger partial charge in [-0.05, 0) is 61.8 Å². The van der Waals surface area contributed by atoms with Gasteiger partial charge in [-0.15, -0.1) is 0 Å². The maximum absolute atomic E-state index is 6.05. The second-order valence-corrected chi connectivity index (χ2v) is 8.40. The lowest BCUT2D eigenvalue weighted by Gasteiger charge is -2.52. The molecule has 0 N–H and O–H groups in total. The Morgan fingerprint density at radius 2 is 1.77 bits per heavy atom. The van der Waals surface area contributed by atoms with Crippen LogP contribution in [-0.4, -0.2) is 33.2 Å². The number of rotatable bonds is 5. The first-order valence-corrected chi connectivity index (χ1v) is 9.42. The molecule has 0 amide bonds. The Kier molecular flexibility index (Phi) is 5.11. The van der Waals surface area contributed by atoms with Crippen molar-refractivity contribution >= 4 is 0 Å². The summed E-state index contributed by atoms with van der Waals surface area (Å²) in [7, 11) is 3.41. The van der Waals surface area contributed by atoms with Crippen molar-refractivity contribution in [3.8, 4) is 11.5 Å². The van der Waals surface area contributed by atoms with E-state index in [-0.39, 0.29) is 10.8 Å². The molecule has 2 fully saturated rings. The summed E-state index contributed by atoms with van der Waals surface area (Å²) in [6, 6.07) is 5.99. The number of allylic oxidation sites excluding steroid dienone is 1. The van der Waals surface area contributed by atoms with Crippen molar-refractivity contribution in [2.45, 2.75) is 52.2 Å². The summed E-state index contributed by atoms with van der Waals surface area (Å²) in [4.78, 5) is 0. The van der Waals surface area contributed by atoms with Gasteiger partial charge in [-0.1, -0.05) is 26.0 Å². The Labute approximate surface area is 157 Å². The second kappa shape index (κ2) is 6.90. The quantitative estimate of drug-likeness (QED) is 0.709. The van der Waals surface area contributed by atoms with Crippen molar-refractivity contribution in [2.24, 2.45) is 10.8 Å². The summed E-state index contributed by atoms with van der Waals surface area (Å²) < 4.78 is 23.1. The first-order valence-electron chi connectivity index (χ1n) is 9.42. The molecule has 0 radical (unpaired) electrons. The lowest BCUT2D eigenvalue weighted by Crippen LogP contribution is -2.50. The van der Waals surface area contributed by atoms with E-state index in [0.717, 1.165) is 42.7 Å². The highest BCUT2D eigenvalue weighted by Crippen LogP contribution is 2.57. The van der Waals surface area contributed by atoms with Gasteiger partial charge in [0.2, 0.25) is 0 Å². The molecular weight excluding hydrogens is 328 g/mol. The summed E-state index contributed by atoms with van der Waals surface area (Å²) in [5.41, 5.74) is 2.34. The van der Waals surface area contributed by atoms with E-state index in [1.165, 1.54) is 5.57 Å². The number of ether oxygens (including phenoxy) is 4. The van der Waals surface area contributed by atoms with Gasteiger partial charge in [0.15, 0.2) is 5.79 Å². The highest BCUT2D eigenvalue weighted by atomic mass is 16.7. The van der Waals surface area contributed by atoms with E-state index in [1.54, 1.807) is 14.2 Å². The summed E-state index contributed by atoms with van der Waals surface area (Å²) in [6.45, 7) is 12.5. The molecular formula is C22H32O4. The normalized spacial score (nSPS) is 31.0. The van der Waals surface area contributed by atoms with Crippen LogP contribution in [0.4, 0.5) is 0 Å². The van der Waals surface area contributed by atoms with Crippen molar-refractivity contribution in [2.75, 3.05) is 27.4 Å². The van der Waals surface area contributed by atoms with Crippen molar-refractivity contribution in [1.82, 2.24) is 0 Å². The van der Waals surface area contributed by atoms with Crippen LogP contribution in [0, 0.1) is 10.8 Å². The predicted octanol–water partition coefficient (Wildman–Crippen LogP) is 4.76. The molecule has 144 valence electrons. The molecule has 0 aromatic heterocycles. The average Bonchev–Trinajstić information content (AvgIpc) is 3.07. The fraction of sp³-hybridized carbons (Fsp3) is 0.636. The maximum Gasteiger partial charge on any atom is 0.171 e. The van der Waals surface area contributed by atoms with Gasteiger partial charge in [0.1, 0.15) is 11.5 Å². The number of hydrogen-bond donors (Lipinski definition) is 0. The zero-order chi connectivity index (χ0) is 19.0. The summed E-state index contributed by atoms with van der Waals surface area (Å²) in [5, 5.41) is 0. The first kappa shape index (κ1) is 19.2. The van der Waals surface area contributed by atoms with E-state index < -0.39 is 5.79 Å². The molecule has 1 aliphatic carbocycles. The second-order valence-electron chi connectivity index (χ2n) is 8.40. The predicted molar refractivity (Wildman–Crippen MR) is 103 cm³/mol. The molecule has 2 atom stereocenters. The average molecular weight is 360 g/mol. The van der Waals surface area contributed by atoms with Crippen molar-refractivity contribution in [3.05, 3.63) is 35.9 Å². The van der Waals surface area contributed by atoms with E-state index >= 15 is 0 Å². The van der Waals surface area contributed by atoms with Crippen molar-refractivity contribution in [1.29, 1.82) is 0 Å². The Bertz CT molecular complexity index is 677. The fourth-order valence-corrected chi connectivity index (χ4v) is 4.68. The summed E-state index contributed by atoms with van der Waals surface area (Å²) >= 11 is 0. The SMILES string of the molecule is C=C1CC[C@](C)(C2(C)OCCO2)C[C@]1(C)Cc1cc(OC)ccc1OC. The minimum Gasteiger partial charge on any atom is -0.497 e. The van der Waals surface area contributed by atoms with Gasteiger partial charge in [-0.2, -0.15) is 0 Å². The van der Waals surface area contributed by atoms with Gasteiger partial charge in [0, 0.05) is 5.41 Å². The molecule has 3 rings (SSSR count). The van der Waals surface area contributed by atoms with E-state index in [9.17, 15) is 0 Å². The lowest BCUT2D eigenvalue weighted by atomic mass is 9.57. The van der Waals surface area contributed by atoms with Crippen LogP contribution in [0.5, 0.6) is 11.5 Å². The van der Waals surface area contributed by atoms with Gasteiger partial charge in [0.05, 0.1) is 27.4 Å². The zero-order valence-electron chi connectivity index (χ0n) is 16.8. The van der Waals surface area contributed by atoms with Crippen LogP contribution in [-0.2, 0) is 15.9 Å². The zero-order valence-corrected chi connectivity index (χ0v) is 16.8. The van der Waals surface area contributed by atoms with Gasteiger partial charge in [0.25, 0.3) is 0 Å². The Balaban J connectivity index is 1.91. The molecule has 1 aliphatic heterocycles. The van der Waals surface area contributed by atoms with Crippen LogP contribution in [0.3, 0.4) is 0 Å². The molecule has 0 spiro atoms. The van der Waals surface area contributed by atoms with E-state index in [4.69, 9.17) is 18.9 Å². The third-order valence-electron chi connectivity index (χ3n) is 6.62. The number of hydrogen-bond acceptors (Lipinski definition) is 4. The monoisotopic (exact) mass is 360 g/mol. The van der Waals surface area contributed by atoms with Crippen LogP contribution < -0.4 is 9.47 Å². The molecule has 1 saturated carbocycles. The molecule has 0 unspecified atom stereocenters. The number of methoxy groups -OCH3 is 2. The van der Waals surface area contributed by atoms with Crippen molar-refractivity contribution < 1.29 is 18.9 Å². The van der Waals surface area contributed by atoms with E-state index in [1.807, 2.05) is 12.1 Å². The van der Waals surface area contributed by atoms with Crippen LogP contribution in [0.1, 0.15) is 45.6 Å². The van der Waals surface area contributed by atoms with E-state index in [2.05, 4.69) is 33.4 Å². The van der Waals surface area contributed by atoms with Crippen LogP contribution in [0.2, 0.25) is 0 Å². The minimum atomic E-state index is -0.520. The molecule has 4 nitrogen and oxygen atoms in total. The molecule has 2 aliphatic rings. The van der Waals surface area contributed by atoms with Gasteiger partial charge < -0.3 is 18.9 Å². The summed E-state index contributed by atoms with van der Waals surface area (Å²) in [5.74, 6) is 1.22. The van der Waals surface area contributed by atoms with Gasteiger partial charge in [-0.25, -0.2) is 0 Å². The third-order valence-corrected chi connectivity index (χ3v) is 6.62. The molecule has 4 heteroatoms. The third kappa shape index (κ3) is 3.25. The van der Waals surface area contributed by atoms with Gasteiger partial charge >= 0.3 is 0 Å². The Morgan fingerprint density at radius 3 is 2.38 bits per heavy atom. The van der Waals surface area contributed by atoms with Gasteiger partial charge in [-0.3, -0.25) is 0 Å². The lowest BCUT2D eigenvalue weighted by molar-refractivity contribution is -0.234. The van der Waals surface area contributed by atoms with E-state index in [0.29, 0.717) is 13.2 Å². The largest absolute Gasteiger partial charge is 0.497 e. The topological polar surface area (TPSA) is 36.9 Å². The van der Waals surface area contributed by atoms with Crippen LogP contribution in [0.25, 0.3) is 0 Å². The molecule has 0 bridgehead atoms. The molecule has 1 heterocycles. The number of benzene rings is 1. The van der Waals surface area contributed by atoms with Crippen molar-refractivity contribution in [3.63, 3.8) is 0 Å². The standard InChI is InChI=1S/C22H32O4/c1-16-9-10-21(3,22(4)25-11-12-26-22)15-20(16,2)14-17-13-18(23-5)7-8-19(17)24-6/h7-8,13H,1,9-12,14-15H2,2-6H3/t20-,21-/m0/s1. The highest BCUT2D eigenvalue weighted by Gasteiger charge is 2.54. The molecule has 1 saturated heterocycles. The molecule has 1 aromatic carbocycles. The Morgan fingerprint density at radius 1 is 1.08 bits per heavy atom.